The third kappa shape index (κ3) is 5.50. The summed E-state index contributed by atoms with van der Waals surface area (Å²) in [5, 5.41) is 5.30. The molecule has 1 saturated carbocycles. The Balaban J connectivity index is 1.77. The van der Waals surface area contributed by atoms with Crippen molar-refractivity contribution in [1.82, 2.24) is 9.78 Å². The van der Waals surface area contributed by atoms with E-state index >= 15 is 0 Å². The minimum atomic E-state index is -0.492. The maximum Gasteiger partial charge on any atom is 0.343 e. The first-order valence-electron chi connectivity index (χ1n) is 12.0. The maximum atomic E-state index is 13.9. The monoisotopic (exact) mass is 551 g/mol. The molecule has 184 valence electrons. The molecule has 9 heteroatoms. The van der Waals surface area contributed by atoms with E-state index in [-0.39, 0.29) is 30.0 Å². The van der Waals surface area contributed by atoms with Gasteiger partial charge in [0.2, 0.25) is 5.91 Å². The standard InChI is InChI=1S/C25H31BrClN3O4/c1-3-34-25(32)20-15-29(19-8-9-21(26)22(27)14-19)28-23(20)30(18-10-12-33-13-11-18)24(31)17-6-4-16(2)5-7-17/h8-9,14-18H,3-7,10-13H2,1-2H3/t16-,17-. The number of halogens is 2. The Hall–Kier alpha value is -1.90. The van der Waals surface area contributed by atoms with Gasteiger partial charge in [-0.25, -0.2) is 9.48 Å². The highest BCUT2D eigenvalue weighted by Crippen LogP contribution is 2.35. The summed E-state index contributed by atoms with van der Waals surface area (Å²) in [6.07, 6.45) is 6.83. The highest BCUT2D eigenvalue weighted by molar-refractivity contribution is 9.10. The number of aromatic nitrogens is 2. The van der Waals surface area contributed by atoms with Crippen LogP contribution in [-0.2, 0) is 14.3 Å². The molecule has 0 atom stereocenters. The number of hydrogen-bond donors (Lipinski definition) is 0. The zero-order chi connectivity index (χ0) is 24.2. The molecule has 1 saturated heterocycles. The van der Waals surface area contributed by atoms with Crippen LogP contribution in [0.15, 0.2) is 28.9 Å². The first-order chi connectivity index (χ1) is 16.4. The molecule has 7 nitrogen and oxygen atoms in total. The number of nitrogens with zero attached hydrogens (tertiary/aromatic N) is 3. The van der Waals surface area contributed by atoms with Crippen LogP contribution in [0.25, 0.3) is 5.69 Å². The molecule has 1 aromatic carbocycles. The van der Waals surface area contributed by atoms with E-state index in [1.807, 2.05) is 12.1 Å². The number of carbonyl (C=O) groups excluding carboxylic acids is 2. The van der Waals surface area contributed by atoms with Crippen LogP contribution in [0.3, 0.4) is 0 Å². The van der Waals surface area contributed by atoms with E-state index in [4.69, 9.17) is 26.2 Å². The molecule has 0 radical (unpaired) electrons. The third-order valence-corrected chi connectivity index (χ3v) is 7.98. The van der Waals surface area contributed by atoms with Gasteiger partial charge in [-0.15, -0.1) is 5.10 Å². The topological polar surface area (TPSA) is 73.7 Å². The second kappa shape index (κ2) is 11.2. The fraction of sp³-hybridized carbons (Fsp3) is 0.560. The fourth-order valence-corrected chi connectivity index (χ4v) is 5.18. The number of hydrogen-bond acceptors (Lipinski definition) is 5. The highest BCUT2D eigenvalue weighted by atomic mass is 79.9. The van der Waals surface area contributed by atoms with Crippen molar-refractivity contribution in [3.8, 4) is 5.69 Å². The number of carbonyl (C=O) groups is 2. The van der Waals surface area contributed by atoms with Gasteiger partial charge in [0.1, 0.15) is 5.56 Å². The van der Waals surface area contributed by atoms with Crippen LogP contribution < -0.4 is 4.90 Å². The van der Waals surface area contributed by atoms with Gasteiger partial charge in [-0.1, -0.05) is 18.5 Å². The van der Waals surface area contributed by atoms with Gasteiger partial charge in [0.05, 0.1) is 17.3 Å². The van der Waals surface area contributed by atoms with Crippen molar-refractivity contribution in [1.29, 1.82) is 0 Å². The van der Waals surface area contributed by atoms with Crippen LogP contribution in [0.1, 0.15) is 62.7 Å². The molecule has 0 spiro atoms. The maximum absolute atomic E-state index is 13.9. The predicted molar refractivity (Wildman–Crippen MR) is 135 cm³/mol. The van der Waals surface area contributed by atoms with Gasteiger partial charge in [0.25, 0.3) is 0 Å². The molecule has 1 aliphatic carbocycles. The molecule has 2 aliphatic rings. The molecule has 2 fully saturated rings. The van der Waals surface area contributed by atoms with E-state index in [1.54, 1.807) is 28.8 Å². The van der Waals surface area contributed by atoms with Crippen molar-refractivity contribution in [2.75, 3.05) is 24.7 Å². The zero-order valence-electron chi connectivity index (χ0n) is 19.6. The summed E-state index contributed by atoms with van der Waals surface area (Å²) in [4.78, 5) is 28.7. The van der Waals surface area contributed by atoms with Gasteiger partial charge in [-0.05, 0) is 85.5 Å². The molecule has 0 unspecified atom stereocenters. The van der Waals surface area contributed by atoms with Crippen LogP contribution in [0.4, 0.5) is 5.82 Å². The molecule has 34 heavy (non-hydrogen) atoms. The van der Waals surface area contributed by atoms with Crippen molar-refractivity contribution in [3.05, 3.63) is 39.5 Å². The van der Waals surface area contributed by atoms with Gasteiger partial charge >= 0.3 is 5.97 Å². The molecule has 1 aromatic heterocycles. The average Bonchev–Trinajstić information content (AvgIpc) is 3.27. The summed E-state index contributed by atoms with van der Waals surface area (Å²) in [6.45, 7) is 5.39. The Labute approximate surface area is 213 Å². The van der Waals surface area contributed by atoms with E-state index < -0.39 is 5.97 Å². The van der Waals surface area contributed by atoms with Gasteiger partial charge < -0.3 is 9.47 Å². The van der Waals surface area contributed by atoms with Gasteiger partial charge in [0.15, 0.2) is 5.82 Å². The molecule has 0 bridgehead atoms. The fourth-order valence-electron chi connectivity index (χ4n) is 4.76. The number of amides is 1. The van der Waals surface area contributed by atoms with Crippen molar-refractivity contribution in [2.24, 2.45) is 11.8 Å². The normalized spacial score (nSPS) is 21.3. The lowest BCUT2D eigenvalue weighted by Crippen LogP contribution is -2.47. The highest BCUT2D eigenvalue weighted by Gasteiger charge is 2.37. The Kier molecular flexibility index (Phi) is 8.32. The second-order valence-electron chi connectivity index (χ2n) is 9.14. The van der Waals surface area contributed by atoms with Crippen molar-refractivity contribution in [3.63, 3.8) is 0 Å². The lowest BCUT2D eigenvalue weighted by Gasteiger charge is -2.37. The number of anilines is 1. The number of ether oxygens (including phenoxy) is 2. The quantitative estimate of drug-likeness (QED) is 0.423. The van der Waals surface area contributed by atoms with Crippen molar-refractivity contribution >= 4 is 45.2 Å². The first kappa shape index (κ1) is 25.2. The van der Waals surface area contributed by atoms with E-state index in [9.17, 15) is 9.59 Å². The number of rotatable bonds is 6. The van der Waals surface area contributed by atoms with Crippen LogP contribution in [-0.4, -0.2) is 47.5 Å². The number of benzene rings is 1. The molecule has 1 aliphatic heterocycles. The Morgan fingerprint density at radius 3 is 2.56 bits per heavy atom. The summed E-state index contributed by atoms with van der Waals surface area (Å²) in [5.41, 5.74) is 0.973. The lowest BCUT2D eigenvalue weighted by molar-refractivity contribution is -0.124. The molecular formula is C25H31BrClN3O4. The van der Waals surface area contributed by atoms with Crippen LogP contribution in [0, 0.1) is 11.8 Å². The molecule has 2 heterocycles. The van der Waals surface area contributed by atoms with E-state index in [0.717, 1.165) is 30.2 Å². The Morgan fingerprint density at radius 1 is 1.21 bits per heavy atom. The summed E-state index contributed by atoms with van der Waals surface area (Å²) in [5.74, 6) is 0.476. The molecule has 4 rings (SSSR count). The zero-order valence-corrected chi connectivity index (χ0v) is 22.0. The largest absolute Gasteiger partial charge is 0.462 e. The first-order valence-corrected chi connectivity index (χ1v) is 13.2. The van der Waals surface area contributed by atoms with E-state index in [1.165, 1.54) is 0 Å². The predicted octanol–water partition coefficient (Wildman–Crippen LogP) is 5.80. The minimum absolute atomic E-state index is 0.0448. The smallest absolute Gasteiger partial charge is 0.343 e. The lowest BCUT2D eigenvalue weighted by atomic mass is 9.82. The summed E-state index contributed by atoms with van der Waals surface area (Å²) in [6, 6.07) is 5.37. The van der Waals surface area contributed by atoms with E-state index in [2.05, 4.69) is 22.9 Å². The van der Waals surface area contributed by atoms with Crippen LogP contribution in [0.5, 0.6) is 0 Å². The molecular weight excluding hydrogens is 522 g/mol. The summed E-state index contributed by atoms with van der Waals surface area (Å²) < 4.78 is 13.3. The van der Waals surface area contributed by atoms with Crippen molar-refractivity contribution < 1.29 is 19.1 Å². The number of esters is 1. The van der Waals surface area contributed by atoms with Crippen LogP contribution in [0.2, 0.25) is 5.02 Å². The summed E-state index contributed by atoms with van der Waals surface area (Å²) >= 11 is 9.72. The van der Waals surface area contributed by atoms with Gasteiger partial charge in [0, 0.05) is 35.8 Å². The SMILES string of the molecule is CCOC(=O)c1cn(-c2ccc(Br)c(Cl)c2)nc1N(C(=O)[C@H]1CC[C@H](C)CC1)C1CCOCC1. The Morgan fingerprint density at radius 2 is 1.91 bits per heavy atom. The van der Waals surface area contributed by atoms with Crippen molar-refractivity contribution in [2.45, 2.75) is 58.4 Å². The Bertz CT molecular complexity index is 1030. The third-order valence-electron chi connectivity index (χ3n) is 6.74. The van der Waals surface area contributed by atoms with Crippen LogP contribution >= 0.6 is 27.5 Å². The van der Waals surface area contributed by atoms with Gasteiger partial charge in [-0.2, -0.15) is 0 Å². The second-order valence-corrected chi connectivity index (χ2v) is 10.4. The van der Waals surface area contributed by atoms with E-state index in [0.29, 0.717) is 48.5 Å². The molecule has 2 aromatic rings. The minimum Gasteiger partial charge on any atom is -0.462 e. The molecule has 0 N–H and O–H groups in total. The molecule has 1 amide bonds. The summed E-state index contributed by atoms with van der Waals surface area (Å²) in [7, 11) is 0. The van der Waals surface area contributed by atoms with Gasteiger partial charge in [-0.3, -0.25) is 9.69 Å². The average molecular weight is 553 g/mol.